The number of alkyl halides is 1. The Morgan fingerprint density at radius 1 is 1.41 bits per heavy atom. The first-order valence-corrected chi connectivity index (χ1v) is 6.20. The van der Waals surface area contributed by atoms with Crippen molar-refractivity contribution in [3.05, 3.63) is 30.3 Å². The summed E-state index contributed by atoms with van der Waals surface area (Å²) in [5.74, 6) is 0.605. The van der Waals surface area contributed by atoms with E-state index in [1.54, 1.807) is 0 Å². The molecular weight excluding hydrogens is 238 g/mol. The molecule has 94 valence electrons. The molecule has 0 heterocycles. The van der Waals surface area contributed by atoms with Crippen molar-refractivity contribution in [2.24, 2.45) is 0 Å². The first kappa shape index (κ1) is 13.8. The van der Waals surface area contributed by atoms with E-state index < -0.39 is 0 Å². The van der Waals surface area contributed by atoms with Gasteiger partial charge in [0.2, 0.25) is 0 Å². The number of amides is 1. The summed E-state index contributed by atoms with van der Waals surface area (Å²) in [6, 6.07) is 9.29. The van der Waals surface area contributed by atoms with Crippen LogP contribution in [0.1, 0.15) is 19.8 Å². The van der Waals surface area contributed by atoms with Crippen molar-refractivity contribution in [3.63, 3.8) is 0 Å². The van der Waals surface area contributed by atoms with Gasteiger partial charge in [0.1, 0.15) is 5.75 Å². The fourth-order valence-corrected chi connectivity index (χ4v) is 1.48. The normalized spacial score (nSPS) is 11.9. The molecule has 0 radical (unpaired) electrons. The summed E-state index contributed by atoms with van der Waals surface area (Å²) in [5.41, 5.74) is 0. The first-order chi connectivity index (χ1) is 8.18. The predicted molar refractivity (Wildman–Crippen MR) is 69.5 cm³/mol. The lowest BCUT2D eigenvalue weighted by Crippen LogP contribution is -2.29. The van der Waals surface area contributed by atoms with Gasteiger partial charge in [0, 0.05) is 11.9 Å². The second-order valence-corrected chi connectivity index (χ2v) is 4.62. The Bertz CT molecular complexity index is 327. The van der Waals surface area contributed by atoms with Crippen LogP contribution >= 0.6 is 11.6 Å². The maximum absolute atomic E-state index is 11.4. The molecule has 0 fully saturated rings. The molecule has 1 unspecified atom stereocenters. The lowest BCUT2D eigenvalue weighted by molar-refractivity contribution is -0.123. The molecule has 0 bridgehead atoms. The molecule has 0 aliphatic carbocycles. The molecule has 0 aliphatic rings. The molecule has 1 aromatic carbocycles. The molecule has 0 spiro atoms. The highest BCUT2D eigenvalue weighted by Gasteiger charge is 2.02. The largest absolute Gasteiger partial charge is 0.484 e. The van der Waals surface area contributed by atoms with E-state index in [1.165, 1.54) is 0 Å². The van der Waals surface area contributed by atoms with E-state index in [-0.39, 0.29) is 17.9 Å². The number of ether oxygens (including phenoxy) is 1. The first-order valence-electron chi connectivity index (χ1n) is 5.77. The average Bonchev–Trinajstić information content (AvgIpc) is 2.33. The van der Waals surface area contributed by atoms with Crippen LogP contribution in [0.4, 0.5) is 0 Å². The second-order valence-electron chi connectivity index (χ2n) is 3.87. The van der Waals surface area contributed by atoms with Gasteiger partial charge < -0.3 is 10.1 Å². The van der Waals surface area contributed by atoms with Crippen LogP contribution in [0.25, 0.3) is 0 Å². The molecule has 1 N–H and O–H groups in total. The summed E-state index contributed by atoms with van der Waals surface area (Å²) < 4.78 is 5.31. The summed E-state index contributed by atoms with van der Waals surface area (Å²) in [6.45, 7) is 2.65. The number of nitrogens with one attached hydrogen (secondary N) is 1. The maximum atomic E-state index is 11.4. The van der Waals surface area contributed by atoms with Gasteiger partial charge in [-0.05, 0) is 31.9 Å². The Labute approximate surface area is 107 Å². The van der Waals surface area contributed by atoms with Crippen LogP contribution in [0.2, 0.25) is 0 Å². The molecular formula is C13H18ClNO2. The van der Waals surface area contributed by atoms with Crippen molar-refractivity contribution in [2.45, 2.75) is 25.1 Å². The minimum Gasteiger partial charge on any atom is -0.484 e. The summed E-state index contributed by atoms with van der Waals surface area (Å²) in [4.78, 5) is 11.4. The van der Waals surface area contributed by atoms with Crippen molar-refractivity contribution < 1.29 is 9.53 Å². The fraction of sp³-hybridized carbons (Fsp3) is 0.462. The number of hydrogen-bond donors (Lipinski definition) is 1. The number of halogens is 1. The van der Waals surface area contributed by atoms with Gasteiger partial charge >= 0.3 is 0 Å². The van der Waals surface area contributed by atoms with Gasteiger partial charge in [-0.2, -0.15) is 0 Å². The molecule has 0 aromatic heterocycles. The minimum atomic E-state index is -0.101. The van der Waals surface area contributed by atoms with Crippen LogP contribution in [0.5, 0.6) is 5.75 Å². The molecule has 0 saturated carbocycles. The molecule has 1 amide bonds. The molecule has 17 heavy (non-hydrogen) atoms. The number of para-hydroxylation sites is 1. The van der Waals surface area contributed by atoms with Crippen LogP contribution in [0.3, 0.4) is 0 Å². The molecule has 4 heteroatoms. The third-order valence-corrected chi connectivity index (χ3v) is 2.43. The summed E-state index contributed by atoms with van der Waals surface area (Å²) in [5, 5.41) is 2.95. The van der Waals surface area contributed by atoms with Gasteiger partial charge in [-0.15, -0.1) is 11.6 Å². The lowest BCUT2D eigenvalue weighted by Gasteiger charge is -2.07. The van der Waals surface area contributed by atoms with Crippen molar-refractivity contribution in [1.82, 2.24) is 5.32 Å². The van der Waals surface area contributed by atoms with E-state index in [2.05, 4.69) is 5.32 Å². The van der Waals surface area contributed by atoms with Gasteiger partial charge in [0.25, 0.3) is 5.91 Å². The van der Waals surface area contributed by atoms with Crippen molar-refractivity contribution in [3.8, 4) is 5.75 Å². The number of rotatable bonds is 7. The standard InChI is InChI=1S/C13H18ClNO2/c1-11(14)6-5-9-15-13(16)10-17-12-7-3-2-4-8-12/h2-4,7-8,11H,5-6,9-10H2,1H3,(H,15,16). The highest BCUT2D eigenvalue weighted by Crippen LogP contribution is 2.07. The van der Waals surface area contributed by atoms with Crippen LogP contribution in [-0.4, -0.2) is 24.4 Å². The molecule has 1 atom stereocenters. The van der Waals surface area contributed by atoms with Crippen LogP contribution in [-0.2, 0) is 4.79 Å². The Hall–Kier alpha value is -1.22. The van der Waals surface area contributed by atoms with Crippen molar-refractivity contribution >= 4 is 17.5 Å². The van der Waals surface area contributed by atoms with Crippen molar-refractivity contribution in [2.75, 3.05) is 13.2 Å². The van der Waals surface area contributed by atoms with Crippen LogP contribution in [0.15, 0.2) is 30.3 Å². The molecule has 0 saturated heterocycles. The van der Waals surface area contributed by atoms with Gasteiger partial charge in [0.05, 0.1) is 0 Å². The predicted octanol–water partition coefficient (Wildman–Crippen LogP) is 2.59. The average molecular weight is 256 g/mol. The minimum absolute atomic E-state index is 0.0560. The number of benzene rings is 1. The SMILES string of the molecule is CC(Cl)CCCNC(=O)COc1ccccc1. The summed E-state index contributed by atoms with van der Waals surface area (Å²) in [6.07, 6.45) is 1.79. The van der Waals surface area contributed by atoms with E-state index in [9.17, 15) is 4.79 Å². The third kappa shape index (κ3) is 6.84. The van der Waals surface area contributed by atoms with Crippen LogP contribution in [0, 0.1) is 0 Å². The summed E-state index contributed by atoms with van der Waals surface area (Å²) >= 11 is 5.80. The van der Waals surface area contributed by atoms with E-state index in [0.29, 0.717) is 12.3 Å². The molecule has 3 nitrogen and oxygen atoms in total. The Kier molecular flexibility index (Phi) is 6.48. The molecule has 0 aliphatic heterocycles. The quantitative estimate of drug-likeness (QED) is 0.601. The van der Waals surface area contributed by atoms with Crippen LogP contribution < -0.4 is 10.1 Å². The Morgan fingerprint density at radius 3 is 2.76 bits per heavy atom. The Morgan fingerprint density at radius 2 is 2.12 bits per heavy atom. The van der Waals surface area contributed by atoms with E-state index in [1.807, 2.05) is 37.3 Å². The van der Waals surface area contributed by atoms with Gasteiger partial charge in [0.15, 0.2) is 6.61 Å². The highest BCUT2D eigenvalue weighted by atomic mass is 35.5. The van der Waals surface area contributed by atoms with E-state index in [4.69, 9.17) is 16.3 Å². The van der Waals surface area contributed by atoms with Gasteiger partial charge in [-0.1, -0.05) is 18.2 Å². The maximum Gasteiger partial charge on any atom is 0.257 e. The lowest BCUT2D eigenvalue weighted by atomic mass is 10.2. The van der Waals surface area contributed by atoms with E-state index >= 15 is 0 Å². The fourth-order valence-electron chi connectivity index (χ4n) is 1.33. The zero-order chi connectivity index (χ0) is 12.5. The molecule has 1 rings (SSSR count). The highest BCUT2D eigenvalue weighted by molar-refractivity contribution is 6.20. The third-order valence-electron chi connectivity index (χ3n) is 2.21. The van der Waals surface area contributed by atoms with Gasteiger partial charge in [-0.25, -0.2) is 0 Å². The van der Waals surface area contributed by atoms with Gasteiger partial charge in [-0.3, -0.25) is 4.79 Å². The number of carbonyl (C=O) groups excluding carboxylic acids is 1. The Balaban J connectivity index is 2.09. The molecule has 1 aromatic rings. The topological polar surface area (TPSA) is 38.3 Å². The smallest absolute Gasteiger partial charge is 0.257 e. The summed E-state index contributed by atoms with van der Waals surface area (Å²) in [7, 11) is 0. The zero-order valence-corrected chi connectivity index (χ0v) is 10.7. The zero-order valence-electron chi connectivity index (χ0n) is 9.99. The van der Waals surface area contributed by atoms with E-state index in [0.717, 1.165) is 12.8 Å². The number of hydrogen-bond acceptors (Lipinski definition) is 2. The number of carbonyl (C=O) groups is 1. The van der Waals surface area contributed by atoms with Crippen molar-refractivity contribution in [1.29, 1.82) is 0 Å². The second kappa shape index (κ2) is 7.96. The monoisotopic (exact) mass is 255 g/mol.